The zero-order valence-electron chi connectivity index (χ0n) is 20.2. The van der Waals surface area contributed by atoms with Crippen LogP contribution < -0.4 is 4.46 Å². The number of allylic oxidation sites excluding steroid dienone is 6. The first-order chi connectivity index (χ1) is 18.3. The number of rotatable bonds is 5. The SMILES string of the molecule is C(=C1C=C(c2ccccc2)[Se]C(c2ccccc2)=C1)C1=C[Se](c2ccccc2)=[O+]C(c2ccccc2)=C1. The van der Waals surface area contributed by atoms with Crippen LogP contribution in [0, 0.1) is 0 Å². The molecule has 0 amide bonds. The van der Waals surface area contributed by atoms with E-state index in [2.05, 4.69) is 145 Å². The molecule has 178 valence electrons. The molecule has 1 nitrogen and oxygen atoms in total. The van der Waals surface area contributed by atoms with Gasteiger partial charge in [-0.1, -0.05) is 0 Å². The average Bonchev–Trinajstić information content (AvgIpc) is 2.99. The molecule has 0 bridgehead atoms. The Morgan fingerprint density at radius 3 is 1.57 bits per heavy atom. The van der Waals surface area contributed by atoms with Gasteiger partial charge in [-0.05, 0) is 0 Å². The van der Waals surface area contributed by atoms with Gasteiger partial charge in [0.25, 0.3) is 0 Å². The Kier molecular flexibility index (Phi) is 7.21. The van der Waals surface area contributed by atoms with Crippen molar-refractivity contribution in [3.8, 4) is 0 Å². The van der Waals surface area contributed by atoms with Crippen molar-refractivity contribution in [2.75, 3.05) is 0 Å². The molecule has 0 N–H and O–H groups in total. The Bertz CT molecular complexity index is 1490. The molecule has 4 aromatic carbocycles. The summed E-state index contributed by atoms with van der Waals surface area (Å²) in [6.45, 7) is 0. The summed E-state index contributed by atoms with van der Waals surface area (Å²) in [5.74, 6) is 0.948. The Labute approximate surface area is 228 Å². The van der Waals surface area contributed by atoms with Crippen molar-refractivity contribution in [3.05, 3.63) is 178 Å². The van der Waals surface area contributed by atoms with E-state index in [-0.39, 0.29) is 15.0 Å². The number of benzene rings is 4. The molecule has 0 spiro atoms. The van der Waals surface area contributed by atoms with Crippen LogP contribution in [-0.4, -0.2) is 28.8 Å². The summed E-state index contributed by atoms with van der Waals surface area (Å²) in [5, 5.41) is 0. The summed E-state index contributed by atoms with van der Waals surface area (Å²) in [6.07, 6.45) is 9.25. The second-order valence-corrected chi connectivity index (χ2v) is 14.0. The fourth-order valence-electron chi connectivity index (χ4n) is 4.22. The zero-order chi connectivity index (χ0) is 24.9. The van der Waals surface area contributed by atoms with E-state index in [0.717, 1.165) is 11.3 Å². The van der Waals surface area contributed by atoms with Crippen molar-refractivity contribution in [1.29, 1.82) is 0 Å². The van der Waals surface area contributed by atoms with E-state index in [4.69, 9.17) is 3.47 Å². The van der Waals surface area contributed by atoms with E-state index in [1.165, 1.54) is 35.7 Å². The average molecular weight is 607 g/mol. The summed E-state index contributed by atoms with van der Waals surface area (Å²) in [6, 6.07) is 42.6. The van der Waals surface area contributed by atoms with Gasteiger partial charge < -0.3 is 0 Å². The third-order valence-electron chi connectivity index (χ3n) is 6.02. The molecule has 0 saturated heterocycles. The van der Waals surface area contributed by atoms with Crippen LogP contribution >= 0.6 is 0 Å². The first-order valence-corrected chi connectivity index (χ1v) is 16.5. The van der Waals surface area contributed by atoms with Gasteiger partial charge in [-0.25, -0.2) is 0 Å². The van der Waals surface area contributed by atoms with E-state index in [1.54, 1.807) is 0 Å². The van der Waals surface area contributed by atoms with Crippen LogP contribution in [0.25, 0.3) is 14.7 Å². The maximum absolute atomic E-state index is 6.61. The van der Waals surface area contributed by atoms with Crippen LogP contribution in [0.3, 0.4) is 0 Å². The molecular weight excluding hydrogens is 582 g/mol. The zero-order valence-corrected chi connectivity index (χ0v) is 23.6. The molecule has 2 aliphatic heterocycles. The van der Waals surface area contributed by atoms with Crippen LogP contribution in [0.4, 0.5) is 0 Å². The predicted molar refractivity (Wildman–Crippen MR) is 158 cm³/mol. The van der Waals surface area contributed by atoms with Crippen LogP contribution in [-0.2, 0) is 3.47 Å². The van der Waals surface area contributed by atoms with Crippen molar-refractivity contribution in [1.82, 2.24) is 0 Å². The molecular formula is C34H25OSe2+. The van der Waals surface area contributed by atoms with Gasteiger partial charge >= 0.3 is 230 Å². The van der Waals surface area contributed by atoms with Gasteiger partial charge in [0.1, 0.15) is 0 Å². The Morgan fingerprint density at radius 1 is 0.541 bits per heavy atom. The van der Waals surface area contributed by atoms with Gasteiger partial charge in [0, 0.05) is 0 Å². The van der Waals surface area contributed by atoms with Gasteiger partial charge in [0.15, 0.2) is 0 Å². The fourth-order valence-corrected chi connectivity index (χ4v) is 9.60. The summed E-state index contributed by atoms with van der Waals surface area (Å²) < 4.78 is 10.7. The van der Waals surface area contributed by atoms with E-state index >= 15 is 0 Å². The van der Waals surface area contributed by atoms with E-state index in [9.17, 15) is 0 Å². The summed E-state index contributed by atoms with van der Waals surface area (Å²) in [4.78, 5) is 2.35. The monoisotopic (exact) mass is 609 g/mol. The molecule has 2 heterocycles. The molecule has 0 aromatic heterocycles. The quantitative estimate of drug-likeness (QED) is 0.170. The van der Waals surface area contributed by atoms with Crippen LogP contribution in [0.2, 0.25) is 0 Å². The molecule has 3 heteroatoms. The normalized spacial score (nSPS) is 17.1. The van der Waals surface area contributed by atoms with Crippen LogP contribution in [0.1, 0.15) is 16.7 Å². The van der Waals surface area contributed by atoms with E-state index in [0.29, 0.717) is 0 Å². The third-order valence-corrected chi connectivity index (χ3v) is 11.7. The minimum atomic E-state index is -1.64. The number of hydrogen-bond donors (Lipinski definition) is 0. The molecule has 0 saturated carbocycles. The standard InChI is InChI=1S/C34H25OSe2/c1-5-13-28(14-6-1)32-22-27(25-37(35-32)31-19-11-4-12-20-31)21-26-23-33(29-15-7-2-8-16-29)36-34(24-26)30-17-9-3-10-18-30/h1-25H/q+1. The molecule has 37 heavy (non-hydrogen) atoms. The summed E-state index contributed by atoms with van der Waals surface area (Å²) in [5.41, 5.74) is 6.14. The van der Waals surface area contributed by atoms with Crippen molar-refractivity contribution in [2.45, 2.75) is 0 Å². The Morgan fingerprint density at radius 2 is 1.03 bits per heavy atom. The first kappa shape index (κ1) is 23.8. The molecule has 4 aromatic rings. The van der Waals surface area contributed by atoms with Gasteiger partial charge in [-0.3, -0.25) is 0 Å². The van der Waals surface area contributed by atoms with E-state index < -0.39 is 13.8 Å². The first-order valence-electron chi connectivity index (χ1n) is 12.2. The summed E-state index contributed by atoms with van der Waals surface area (Å²) in [7, 11) is 0. The Balaban J connectivity index is 1.47. The van der Waals surface area contributed by atoms with Crippen molar-refractivity contribution >= 4 is 48.0 Å². The fraction of sp³-hybridized carbons (Fsp3) is 0. The molecule has 0 radical (unpaired) electrons. The number of hydrogen-bond acceptors (Lipinski definition) is 0. The molecule has 6 rings (SSSR count). The third kappa shape index (κ3) is 5.72. The van der Waals surface area contributed by atoms with Gasteiger partial charge in [-0.2, -0.15) is 0 Å². The second-order valence-electron chi connectivity index (χ2n) is 8.68. The van der Waals surface area contributed by atoms with Crippen molar-refractivity contribution in [3.63, 3.8) is 0 Å². The van der Waals surface area contributed by atoms with Gasteiger partial charge in [0.05, 0.1) is 0 Å². The molecule has 0 aliphatic carbocycles. The summed E-state index contributed by atoms with van der Waals surface area (Å²) >= 11 is -1.41. The topological polar surface area (TPSA) is 11.3 Å². The van der Waals surface area contributed by atoms with Crippen molar-refractivity contribution in [2.24, 2.45) is 0 Å². The molecule has 1 atom stereocenters. The van der Waals surface area contributed by atoms with Crippen LogP contribution in [0.15, 0.2) is 162 Å². The van der Waals surface area contributed by atoms with Gasteiger partial charge in [0.2, 0.25) is 0 Å². The van der Waals surface area contributed by atoms with E-state index in [1.807, 2.05) is 6.07 Å². The molecule has 0 fully saturated rings. The van der Waals surface area contributed by atoms with Crippen LogP contribution in [0.5, 0.6) is 0 Å². The molecule has 1 unspecified atom stereocenters. The molecule has 2 aliphatic rings. The predicted octanol–water partition coefficient (Wildman–Crippen LogP) is 7.10. The van der Waals surface area contributed by atoms with Crippen molar-refractivity contribution < 1.29 is 3.47 Å². The van der Waals surface area contributed by atoms with Gasteiger partial charge in [-0.15, -0.1) is 0 Å². The Hall–Kier alpha value is -3.58. The maximum atomic E-state index is 6.61. The minimum absolute atomic E-state index is 0.232. The second kappa shape index (κ2) is 11.2.